The summed E-state index contributed by atoms with van der Waals surface area (Å²) in [6.45, 7) is 6.87. The van der Waals surface area contributed by atoms with Gasteiger partial charge in [0.25, 0.3) is 0 Å². The number of nitrogens with one attached hydrogen (secondary N) is 1. The zero-order chi connectivity index (χ0) is 30.2. The van der Waals surface area contributed by atoms with Crippen molar-refractivity contribution < 1.29 is 32.2 Å². The minimum absolute atomic E-state index is 0.0497. The van der Waals surface area contributed by atoms with E-state index < -0.39 is 15.6 Å². The molecule has 2 aromatic carbocycles. The maximum atomic E-state index is 12.7. The molecule has 41 heavy (non-hydrogen) atoms. The third kappa shape index (κ3) is 10.4. The monoisotopic (exact) mass is 630 g/mol. The Hall–Kier alpha value is -1.92. The van der Waals surface area contributed by atoms with E-state index in [1.54, 1.807) is 18.2 Å². The highest BCUT2D eigenvalue weighted by Crippen LogP contribution is 2.42. The summed E-state index contributed by atoms with van der Waals surface area (Å²) >= 11 is 12.7. The second-order valence-electron chi connectivity index (χ2n) is 11.0. The van der Waals surface area contributed by atoms with Gasteiger partial charge in [-0.3, -0.25) is 4.79 Å². The highest BCUT2D eigenvalue weighted by Gasteiger charge is 2.37. The van der Waals surface area contributed by atoms with Crippen molar-refractivity contribution in [2.24, 2.45) is 0 Å². The van der Waals surface area contributed by atoms with Crippen LogP contribution in [0.1, 0.15) is 50.8 Å². The molecule has 1 aliphatic carbocycles. The van der Waals surface area contributed by atoms with Gasteiger partial charge in [-0.2, -0.15) is 0 Å². The van der Waals surface area contributed by atoms with Gasteiger partial charge in [0, 0.05) is 35.2 Å². The Morgan fingerprint density at radius 2 is 1.68 bits per heavy atom. The van der Waals surface area contributed by atoms with E-state index >= 15 is 0 Å². The van der Waals surface area contributed by atoms with Crippen LogP contribution >= 0.6 is 23.2 Å². The fourth-order valence-electron chi connectivity index (χ4n) is 4.42. The molecule has 12 heteroatoms. The summed E-state index contributed by atoms with van der Waals surface area (Å²) in [4.78, 5) is 13.9. The Kier molecular flexibility index (Phi) is 12.3. The fourth-order valence-corrected chi connectivity index (χ4v) is 6.02. The van der Waals surface area contributed by atoms with Crippen LogP contribution in [0.2, 0.25) is 10.0 Å². The van der Waals surface area contributed by atoms with Crippen molar-refractivity contribution in [3.05, 3.63) is 57.6 Å². The third-order valence-corrected chi connectivity index (χ3v) is 8.36. The van der Waals surface area contributed by atoms with Crippen LogP contribution in [0.25, 0.3) is 0 Å². The number of likely N-dealkylation sites (N-methyl/N-ethyl adjacent to an activating group) is 1. The summed E-state index contributed by atoms with van der Waals surface area (Å²) in [7, 11) is 0.245. The van der Waals surface area contributed by atoms with Gasteiger partial charge in [0.05, 0.1) is 30.8 Å². The van der Waals surface area contributed by atoms with E-state index in [0.29, 0.717) is 48.5 Å². The molecule has 0 bridgehead atoms. The van der Waals surface area contributed by atoms with E-state index in [0.717, 1.165) is 17.5 Å². The molecule has 1 N–H and O–H groups in total. The normalized spacial score (nSPS) is 17.1. The number of halogens is 2. The molecule has 0 saturated heterocycles. The maximum Gasteiger partial charge on any atom is 0.306 e. The lowest BCUT2D eigenvalue weighted by atomic mass is 10.1. The van der Waals surface area contributed by atoms with E-state index in [9.17, 15) is 13.2 Å². The highest BCUT2D eigenvalue weighted by atomic mass is 35.5. The number of ether oxygens (including phenoxy) is 4. The van der Waals surface area contributed by atoms with E-state index in [-0.39, 0.29) is 36.2 Å². The first-order valence-corrected chi connectivity index (χ1v) is 15.8. The standard InChI is InChI=1S/C29H40Cl2N2O7S/c1-29(2,3)40-27(34)7-6-13-37-15-16-38-14-12-32-41(35,36)22-10-8-21(9-11-22)39-28-24-17-20(30)18-25(31)23(24)19-26(28)33(4)5/h8-11,17-18,26,28,32H,6-7,12-16,19H2,1-5H3/t26-,28-/m0/s1. The number of sulfonamides is 1. The molecule has 0 spiro atoms. The maximum absolute atomic E-state index is 12.7. The Balaban J connectivity index is 1.40. The second kappa shape index (κ2) is 15.0. The lowest BCUT2D eigenvalue weighted by Gasteiger charge is -2.27. The number of esters is 1. The molecule has 0 aromatic heterocycles. The van der Waals surface area contributed by atoms with Gasteiger partial charge in [0.2, 0.25) is 10.0 Å². The Morgan fingerprint density at radius 3 is 2.32 bits per heavy atom. The summed E-state index contributed by atoms with van der Waals surface area (Å²) < 4.78 is 50.4. The second-order valence-corrected chi connectivity index (χ2v) is 13.6. The SMILES string of the molecule is CN(C)[C@H]1Cc2c(Cl)cc(Cl)cc2[C@@H]1Oc1ccc(S(=O)(=O)NCCOCCOCCCC(=O)OC(C)(C)C)cc1. The minimum Gasteiger partial charge on any atom is -0.484 e. The topological polar surface area (TPSA) is 103 Å². The fraction of sp³-hybridized carbons (Fsp3) is 0.552. The predicted molar refractivity (Wildman–Crippen MR) is 159 cm³/mol. The molecular weight excluding hydrogens is 591 g/mol. The highest BCUT2D eigenvalue weighted by molar-refractivity contribution is 7.89. The van der Waals surface area contributed by atoms with E-state index in [2.05, 4.69) is 9.62 Å². The van der Waals surface area contributed by atoms with Gasteiger partial charge in [-0.25, -0.2) is 13.1 Å². The number of hydrogen-bond donors (Lipinski definition) is 1. The number of carbonyl (C=O) groups excluding carboxylic acids is 1. The molecule has 3 rings (SSSR count). The molecule has 0 radical (unpaired) electrons. The van der Waals surface area contributed by atoms with Crippen molar-refractivity contribution in [3.8, 4) is 5.75 Å². The number of rotatable bonds is 15. The number of nitrogens with zero attached hydrogens (tertiary/aromatic N) is 1. The average Bonchev–Trinajstić information content (AvgIpc) is 3.23. The molecule has 1 aliphatic rings. The van der Waals surface area contributed by atoms with Crippen molar-refractivity contribution in [2.45, 2.75) is 62.7 Å². The number of carbonyl (C=O) groups is 1. The Bertz CT molecular complexity index is 1270. The zero-order valence-electron chi connectivity index (χ0n) is 24.2. The van der Waals surface area contributed by atoms with Crippen LogP contribution < -0.4 is 9.46 Å². The largest absolute Gasteiger partial charge is 0.484 e. The Labute approximate surface area is 253 Å². The van der Waals surface area contributed by atoms with Crippen LogP contribution in [0.3, 0.4) is 0 Å². The number of fused-ring (bicyclic) bond motifs is 1. The summed E-state index contributed by atoms with van der Waals surface area (Å²) in [6.07, 6.45) is 1.28. The first-order chi connectivity index (χ1) is 19.3. The van der Waals surface area contributed by atoms with E-state index in [1.165, 1.54) is 12.1 Å². The van der Waals surface area contributed by atoms with Gasteiger partial charge in [0.1, 0.15) is 17.5 Å². The smallest absolute Gasteiger partial charge is 0.306 e. The summed E-state index contributed by atoms with van der Waals surface area (Å²) in [5, 5.41) is 1.16. The molecule has 0 heterocycles. The number of benzene rings is 2. The average molecular weight is 632 g/mol. The molecule has 0 aliphatic heterocycles. The molecule has 9 nitrogen and oxygen atoms in total. The van der Waals surface area contributed by atoms with Gasteiger partial charge < -0.3 is 23.8 Å². The van der Waals surface area contributed by atoms with Crippen LogP contribution in [0.4, 0.5) is 0 Å². The van der Waals surface area contributed by atoms with Crippen molar-refractivity contribution in [3.63, 3.8) is 0 Å². The third-order valence-electron chi connectivity index (χ3n) is 6.32. The summed E-state index contributed by atoms with van der Waals surface area (Å²) in [6, 6.07) is 9.96. The first kappa shape index (κ1) is 33.6. The van der Waals surface area contributed by atoms with Crippen LogP contribution in [0.15, 0.2) is 41.3 Å². The lowest BCUT2D eigenvalue weighted by molar-refractivity contribution is -0.155. The van der Waals surface area contributed by atoms with Gasteiger partial charge >= 0.3 is 5.97 Å². The van der Waals surface area contributed by atoms with Crippen LogP contribution in [-0.4, -0.2) is 78.0 Å². The molecule has 0 amide bonds. The van der Waals surface area contributed by atoms with Crippen molar-refractivity contribution in [2.75, 3.05) is 47.1 Å². The van der Waals surface area contributed by atoms with Crippen LogP contribution in [0.5, 0.6) is 5.75 Å². The molecule has 0 saturated carbocycles. The van der Waals surface area contributed by atoms with Crippen LogP contribution in [-0.2, 0) is 35.4 Å². The molecular formula is C29H40Cl2N2O7S. The number of hydrogen-bond acceptors (Lipinski definition) is 8. The van der Waals surface area contributed by atoms with E-state index in [1.807, 2.05) is 40.9 Å². The first-order valence-electron chi connectivity index (χ1n) is 13.5. The van der Waals surface area contributed by atoms with Crippen molar-refractivity contribution in [1.29, 1.82) is 0 Å². The molecule has 2 atom stereocenters. The van der Waals surface area contributed by atoms with Gasteiger partial charge in [0.15, 0.2) is 0 Å². The Morgan fingerprint density at radius 1 is 1.02 bits per heavy atom. The van der Waals surface area contributed by atoms with E-state index in [4.69, 9.17) is 42.1 Å². The minimum atomic E-state index is -3.72. The van der Waals surface area contributed by atoms with Gasteiger partial charge in [-0.15, -0.1) is 0 Å². The zero-order valence-corrected chi connectivity index (χ0v) is 26.6. The van der Waals surface area contributed by atoms with Gasteiger partial charge in [-0.05, 0) is 89.7 Å². The molecule has 2 aromatic rings. The predicted octanol–water partition coefficient (Wildman–Crippen LogP) is 5.03. The van der Waals surface area contributed by atoms with Gasteiger partial charge in [-0.1, -0.05) is 23.2 Å². The van der Waals surface area contributed by atoms with Crippen molar-refractivity contribution in [1.82, 2.24) is 9.62 Å². The molecule has 0 unspecified atom stereocenters. The summed E-state index contributed by atoms with van der Waals surface area (Å²) in [5.41, 5.74) is 1.45. The molecule has 228 valence electrons. The van der Waals surface area contributed by atoms with Crippen molar-refractivity contribution >= 4 is 39.2 Å². The lowest BCUT2D eigenvalue weighted by Crippen LogP contribution is -2.34. The quantitative estimate of drug-likeness (QED) is 0.216. The molecule has 0 fully saturated rings. The summed E-state index contributed by atoms with van der Waals surface area (Å²) in [5.74, 6) is 0.291. The van der Waals surface area contributed by atoms with Crippen LogP contribution in [0, 0.1) is 0 Å².